The van der Waals surface area contributed by atoms with Gasteiger partial charge in [-0.2, -0.15) is 5.10 Å². The van der Waals surface area contributed by atoms with Crippen molar-refractivity contribution < 1.29 is 4.79 Å². The molecule has 0 fully saturated rings. The first-order chi connectivity index (χ1) is 12.0. The molecule has 0 radical (unpaired) electrons. The van der Waals surface area contributed by atoms with Gasteiger partial charge in [0.2, 0.25) is 5.91 Å². The highest BCUT2D eigenvalue weighted by molar-refractivity contribution is 7.98. The molecule has 130 valence electrons. The Labute approximate surface area is 151 Å². The molecule has 0 aliphatic carbocycles. The Hall–Kier alpha value is -2.34. The molecule has 3 rings (SSSR count). The summed E-state index contributed by atoms with van der Waals surface area (Å²) in [5, 5.41) is 7.43. The monoisotopic (exact) mass is 354 g/mol. The molecule has 6 heteroatoms. The molecule has 0 unspecified atom stereocenters. The lowest BCUT2D eigenvalue weighted by Gasteiger charge is -2.11. The number of nitrogens with zero attached hydrogens (tertiary/aromatic N) is 3. The molecule has 1 aromatic carbocycles. The van der Waals surface area contributed by atoms with Crippen molar-refractivity contribution >= 4 is 29.0 Å². The molecule has 1 amide bonds. The van der Waals surface area contributed by atoms with E-state index in [-0.39, 0.29) is 5.91 Å². The topological polar surface area (TPSA) is 59.3 Å². The average Bonchev–Trinajstić information content (AvgIpc) is 2.96. The summed E-state index contributed by atoms with van der Waals surface area (Å²) in [6.07, 6.45) is 3.10. The Morgan fingerprint density at radius 1 is 1.20 bits per heavy atom. The minimum atomic E-state index is 0.00689. The highest BCUT2D eigenvalue weighted by atomic mass is 32.2. The second-order valence-electron chi connectivity index (χ2n) is 6.09. The first-order valence-corrected chi connectivity index (χ1v) is 9.47. The van der Waals surface area contributed by atoms with Crippen molar-refractivity contribution in [3.63, 3.8) is 0 Å². The van der Waals surface area contributed by atoms with Gasteiger partial charge in [-0.25, -0.2) is 9.50 Å². The molecule has 0 spiro atoms. The van der Waals surface area contributed by atoms with Crippen LogP contribution in [-0.2, 0) is 11.2 Å². The molecule has 0 aliphatic rings. The third kappa shape index (κ3) is 3.85. The van der Waals surface area contributed by atoms with Gasteiger partial charge in [0.05, 0.1) is 5.69 Å². The number of aromatic nitrogens is 3. The van der Waals surface area contributed by atoms with Gasteiger partial charge in [-0.15, -0.1) is 11.8 Å². The van der Waals surface area contributed by atoms with Gasteiger partial charge in [-0.3, -0.25) is 4.79 Å². The van der Waals surface area contributed by atoms with Gasteiger partial charge in [0.15, 0.2) is 5.65 Å². The van der Waals surface area contributed by atoms with Gasteiger partial charge >= 0.3 is 0 Å². The third-order valence-corrected chi connectivity index (χ3v) is 5.01. The number of hydrogen-bond donors (Lipinski definition) is 1. The van der Waals surface area contributed by atoms with Crippen LogP contribution in [-0.4, -0.2) is 26.8 Å². The van der Waals surface area contributed by atoms with E-state index in [2.05, 4.69) is 15.4 Å². The number of hydrogen-bond acceptors (Lipinski definition) is 4. The summed E-state index contributed by atoms with van der Waals surface area (Å²) >= 11 is 1.68. The molecular formula is C19H22N4OS. The van der Waals surface area contributed by atoms with Crippen LogP contribution in [0.3, 0.4) is 0 Å². The fraction of sp³-hybridized carbons (Fsp3) is 0.316. The number of nitrogens with one attached hydrogen (secondary N) is 1. The molecule has 0 saturated heterocycles. The van der Waals surface area contributed by atoms with Gasteiger partial charge in [0.1, 0.15) is 0 Å². The summed E-state index contributed by atoms with van der Waals surface area (Å²) in [6, 6.07) is 9.84. The molecule has 2 heterocycles. The average molecular weight is 354 g/mol. The van der Waals surface area contributed by atoms with Gasteiger partial charge in [-0.05, 0) is 63.3 Å². The third-order valence-electron chi connectivity index (χ3n) is 4.26. The number of aryl methyl sites for hydroxylation is 3. The maximum absolute atomic E-state index is 12.3. The summed E-state index contributed by atoms with van der Waals surface area (Å²) in [4.78, 5) is 18.1. The van der Waals surface area contributed by atoms with E-state index in [0.29, 0.717) is 12.8 Å². The number of carbonyl (C=O) groups excluding carboxylic acids is 1. The van der Waals surface area contributed by atoms with Crippen LogP contribution in [0.5, 0.6) is 0 Å². The van der Waals surface area contributed by atoms with Crippen LogP contribution >= 0.6 is 11.8 Å². The van der Waals surface area contributed by atoms with E-state index < -0.39 is 0 Å². The Balaban J connectivity index is 1.70. The number of carbonyl (C=O) groups is 1. The normalized spacial score (nSPS) is 11.0. The second-order valence-corrected chi connectivity index (χ2v) is 6.97. The Morgan fingerprint density at radius 2 is 1.92 bits per heavy atom. The molecular weight excluding hydrogens is 332 g/mol. The largest absolute Gasteiger partial charge is 0.326 e. The molecule has 5 nitrogen and oxygen atoms in total. The Kier molecular flexibility index (Phi) is 5.08. The van der Waals surface area contributed by atoms with Gasteiger partial charge in [-0.1, -0.05) is 0 Å². The van der Waals surface area contributed by atoms with Crippen molar-refractivity contribution in [3.8, 4) is 0 Å². The predicted molar refractivity (Wildman–Crippen MR) is 102 cm³/mol. The van der Waals surface area contributed by atoms with Crippen LogP contribution in [0.2, 0.25) is 0 Å². The first kappa shape index (κ1) is 17.5. The predicted octanol–water partition coefficient (Wildman–Crippen LogP) is 3.95. The van der Waals surface area contributed by atoms with E-state index in [4.69, 9.17) is 0 Å². The lowest BCUT2D eigenvalue weighted by atomic mass is 10.1. The second kappa shape index (κ2) is 7.27. The fourth-order valence-electron chi connectivity index (χ4n) is 2.94. The van der Waals surface area contributed by atoms with Gasteiger partial charge in [0, 0.05) is 34.5 Å². The zero-order valence-corrected chi connectivity index (χ0v) is 15.8. The van der Waals surface area contributed by atoms with E-state index in [1.165, 1.54) is 4.90 Å². The fourth-order valence-corrected chi connectivity index (χ4v) is 3.35. The maximum atomic E-state index is 12.3. The van der Waals surface area contributed by atoms with Crippen LogP contribution in [0.15, 0.2) is 35.2 Å². The van der Waals surface area contributed by atoms with E-state index >= 15 is 0 Å². The molecule has 25 heavy (non-hydrogen) atoms. The quantitative estimate of drug-likeness (QED) is 0.705. The first-order valence-electron chi connectivity index (χ1n) is 8.24. The summed E-state index contributed by atoms with van der Waals surface area (Å²) < 4.78 is 1.86. The summed E-state index contributed by atoms with van der Waals surface area (Å²) in [6.45, 7) is 5.98. The highest BCUT2D eigenvalue weighted by Crippen LogP contribution is 2.19. The zero-order chi connectivity index (χ0) is 18.0. The highest BCUT2D eigenvalue weighted by Gasteiger charge is 2.13. The van der Waals surface area contributed by atoms with Crippen molar-refractivity contribution in [2.24, 2.45) is 0 Å². The standard InChI is InChI=1S/C19H22N4OS/c1-12-11-18-20-13(2)17(14(3)23(18)22-12)9-10-19(24)21-15-5-7-16(25-4)8-6-15/h5-8,11H,9-10H2,1-4H3,(H,21,24). The minimum Gasteiger partial charge on any atom is -0.326 e. The van der Waals surface area contributed by atoms with E-state index in [0.717, 1.165) is 34.0 Å². The molecule has 0 atom stereocenters. The molecule has 2 aromatic heterocycles. The number of anilines is 1. The molecule has 0 bridgehead atoms. The molecule has 3 aromatic rings. The Bertz CT molecular complexity index is 915. The van der Waals surface area contributed by atoms with Crippen molar-refractivity contribution in [2.75, 3.05) is 11.6 Å². The van der Waals surface area contributed by atoms with E-state index in [1.54, 1.807) is 11.8 Å². The van der Waals surface area contributed by atoms with Crippen molar-refractivity contribution in [2.45, 2.75) is 38.5 Å². The van der Waals surface area contributed by atoms with Crippen LogP contribution in [0, 0.1) is 20.8 Å². The molecule has 1 N–H and O–H groups in total. The minimum absolute atomic E-state index is 0.00689. The van der Waals surface area contributed by atoms with Crippen LogP contribution in [0.1, 0.15) is 29.1 Å². The SMILES string of the molecule is CSc1ccc(NC(=O)CCc2c(C)nc3cc(C)nn3c2C)cc1. The summed E-state index contributed by atoms with van der Waals surface area (Å²) in [7, 11) is 0. The number of fused-ring (bicyclic) bond motifs is 1. The molecule has 0 saturated carbocycles. The van der Waals surface area contributed by atoms with Crippen LogP contribution < -0.4 is 5.32 Å². The van der Waals surface area contributed by atoms with Crippen molar-refractivity contribution in [1.82, 2.24) is 14.6 Å². The lowest BCUT2D eigenvalue weighted by Crippen LogP contribution is -2.14. The number of benzene rings is 1. The van der Waals surface area contributed by atoms with E-state index in [9.17, 15) is 4.79 Å². The van der Waals surface area contributed by atoms with Crippen molar-refractivity contribution in [1.29, 1.82) is 0 Å². The maximum Gasteiger partial charge on any atom is 0.224 e. The Morgan fingerprint density at radius 3 is 2.60 bits per heavy atom. The van der Waals surface area contributed by atoms with Crippen molar-refractivity contribution in [3.05, 3.63) is 53.0 Å². The molecule has 0 aliphatic heterocycles. The number of amides is 1. The van der Waals surface area contributed by atoms with Crippen LogP contribution in [0.4, 0.5) is 5.69 Å². The lowest BCUT2D eigenvalue weighted by molar-refractivity contribution is -0.116. The van der Waals surface area contributed by atoms with Gasteiger partial charge in [0.25, 0.3) is 0 Å². The number of rotatable bonds is 5. The number of thioether (sulfide) groups is 1. The van der Waals surface area contributed by atoms with Crippen LogP contribution in [0.25, 0.3) is 5.65 Å². The zero-order valence-electron chi connectivity index (χ0n) is 15.0. The van der Waals surface area contributed by atoms with E-state index in [1.807, 2.05) is 61.9 Å². The summed E-state index contributed by atoms with van der Waals surface area (Å²) in [5.74, 6) is 0.00689. The smallest absolute Gasteiger partial charge is 0.224 e. The summed E-state index contributed by atoms with van der Waals surface area (Å²) in [5.41, 5.74) is 5.72. The van der Waals surface area contributed by atoms with Gasteiger partial charge < -0.3 is 5.32 Å².